The molecule has 4 unspecified atom stereocenters. The van der Waals surface area contributed by atoms with Gasteiger partial charge in [-0.15, -0.1) is 0 Å². The predicted molar refractivity (Wildman–Crippen MR) is 57.4 cm³/mol. The van der Waals surface area contributed by atoms with Crippen LogP contribution >= 0.6 is 0 Å². The molecule has 4 atom stereocenters. The molecule has 2 fully saturated rings. The Bertz CT molecular complexity index is 552. The second-order valence-corrected chi connectivity index (χ2v) is 5.46. The van der Waals surface area contributed by atoms with Crippen molar-refractivity contribution in [3.8, 4) is 0 Å². The lowest BCUT2D eigenvalue weighted by molar-refractivity contribution is 0.137. The molecule has 1 spiro atoms. The topological polar surface area (TPSA) is 55.0 Å². The van der Waals surface area contributed by atoms with Gasteiger partial charge in [-0.3, -0.25) is 4.79 Å². The number of nitrogens with zero attached hydrogens (tertiary/aromatic N) is 1. The van der Waals surface area contributed by atoms with E-state index in [1.54, 1.807) is 13.2 Å². The van der Waals surface area contributed by atoms with Crippen LogP contribution in [0.25, 0.3) is 0 Å². The van der Waals surface area contributed by atoms with Crippen LogP contribution in [0.5, 0.6) is 0 Å². The quantitative estimate of drug-likeness (QED) is 0.798. The molecule has 84 valence electrons. The molecule has 1 aromatic heterocycles. The van der Waals surface area contributed by atoms with Crippen molar-refractivity contribution in [2.45, 2.75) is 24.7 Å². The zero-order valence-corrected chi connectivity index (χ0v) is 9.41. The molecule has 0 bridgehead atoms. The summed E-state index contributed by atoms with van der Waals surface area (Å²) >= 11 is 0. The Kier molecular flexibility index (Phi) is 1.26. The highest BCUT2D eigenvalue weighted by atomic mass is 16.5. The number of rotatable bonds is 2. The van der Waals surface area contributed by atoms with Gasteiger partial charge in [0.1, 0.15) is 0 Å². The minimum absolute atomic E-state index is 0.0898. The maximum atomic E-state index is 11.3. The molecular weight excluding hydrogens is 204 g/mol. The van der Waals surface area contributed by atoms with Gasteiger partial charge in [0.2, 0.25) is 0 Å². The molecule has 0 saturated heterocycles. The molecule has 1 N–H and O–H groups in total. The smallest absolute Gasteiger partial charge is 0.264 e. The fourth-order valence-corrected chi connectivity index (χ4v) is 4.38. The molecule has 0 aliphatic heterocycles. The van der Waals surface area contributed by atoms with Crippen LogP contribution in [0, 0.1) is 11.3 Å². The number of hydrogen-bond acceptors (Lipinski definition) is 3. The van der Waals surface area contributed by atoms with Gasteiger partial charge in [-0.05, 0) is 29.2 Å². The molecule has 2 saturated carbocycles. The van der Waals surface area contributed by atoms with Crippen LogP contribution in [0.3, 0.4) is 0 Å². The predicted octanol–water partition coefficient (Wildman–Crippen LogP) is 0.791. The van der Waals surface area contributed by atoms with E-state index in [4.69, 9.17) is 4.74 Å². The van der Waals surface area contributed by atoms with Crippen LogP contribution in [0.1, 0.15) is 30.5 Å². The standard InChI is InChI=1S/C12H14N2O2/c1-6-7-3-9(15)13-14-10(7)12(5-16-2)8-4-11(6,8)12/h3,6,8H,4-5H2,1-2H3,(H,13,15). The van der Waals surface area contributed by atoms with E-state index in [2.05, 4.69) is 17.1 Å². The number of aromatic amines is 1. The third-order valence-electron chi connectivity index (χ3n) is 5.22. The molecule has 0 amide bonds. The van der Waals surface area contributed by atoms with E-state index >= 15 is 0 Å². The molecule has 1 aromatic rings. The Balaban J connectivity index is 1.94. The zero-order chi connectivity index (χ0) is 11.1. The number of aromatic nitrogens is 2. The average molecular weight is 218 g/mol. The number of hydrogen-bond donors (Lipinski definition) is 1. The first kappa shape index (κ1) is 8.93. The normalized spacial score (nSPS) is 45.9. The van der Waals surface area contributed by atoms with Crippen LogP contribution in [-0.2, 0) is 10.2 Å². The second-order valence-electron chi connectivity index (χ2n) is 5.46. The van der Waals surface area contributed by atoms with Crippen molar-refractivity contribution in [3.05, 3.63) is 27.7 Å². The van der Waals surface area contributed by atoms with Gasteiger partial charge in [0.15, 0.2) is 0 Å². The number of nitrogens with one attached hydrogen (secondary N) is 1. The van der Waals surface area contributed by atoms with Crippen molar-refractivity contribution < 1.29 is 4.74 Å². The van der Waals surface area contributed by atoms with Crippen LogP contribution in [-0.4, -0.2) is 23.9 Å². The molecule has 4 rings (SSSR count). The van der Waals surface area contributed by atoms with E-state index < -0.39 is 0 Å². The van der Waals surface area contributed by atoms with Gasteiger partial charge in [0, 0.05) is 18.6 Å². The Morgan fingerprint density at radius 3 is 3.19 bits per heavy atom. The maximum Gasteiger partial charge on any atom is 0.264 e. The number of H-pyrrole nitrogens is 1. The summed E-state index contributed by atoms with van der Waals surface area (Å²) in [5, 5.41) is 6.85. The first-order valence-corrected chi connectivity index (χ1v) is 5.77. The first-order chi connectivity index (χ1) is 7.68. The lowest BCUT2D eigenvalue weighted by atomic mass is 9.88. The van der Waals surface area contributed by atoms with Crippen LogP contribution < -0.4 is 5.56 Å². The molecule has 16 heavy (non-hydrogen) atoms. The van der Waals surface area contributed by atoms with Gasteiger partial charge < -0.3 is 4.74 Å². The molecule has 0 radical (unpaired) electrons. The summed E-state index contributed by atoms with van der Waals surface area (Å²) in [5.74, 6) is 1.22. The SMILES string of the molecule is COCC12c3n[nH]c(=O)cc3C(C)C13CC23. The monoisotopic (exact) mass is 218 g/mol. The molecule has 4 nitrogen and oxygen atoms in total. The van der Waals surface area contributed by atoms with E-state index in [0.717, 1.165) is 23.8 Å². The number of methoxy groups -OCH3 is 1. The zero-order valence-electron chi connectivity index (χ0n) is 9.41. The Labute approximate surface area is 93.0 Å². The minimum Gasteiger partial charge on any atom is -0.384 e. The average Bonchev–Trinajstić information content (AvgIpc) is 3.10. The van der Waals surface area contributed by atoms with Crippen molar-refractivity contribution in [3.63, 3.8) is 0 Å². The van der Waals surface area contributed by atoms with Gasteiger partial charge in [-0.2, -0.15) is 5.10 Å². The Hall–Kier alpha value is -1.16. The maximum absolute atomic E-state index is 11.3. The number of fused-ring (bicyclic) bond motifs is 3. The van der Waals surface area contributed by atoms with Crippen LogP contribution in [0.2, 0.25) is 0 Å². The fourth-order valence-electron chi connectivity index (χ4n) is 4.38. The van der Waals surface area contributed by atoms with Crippen molar-refractivity contribution in [2.24, 2.45) is 11.3 Å². The van der Waals surface area contributed by atoms with E-state index in [1.165, 1.54) is 6.42 Å². The largest absolute Gasteiger partial charge is 0.384 e. The van der Waals surface area contributed by atoms with Crippen LogP contribution in [0.15, 0.2) is 10.9 Å². The number of ether oxygens (including phenoxy) is 1. The van der Waals surface area contributed by atoms with Gasteiger partial charge in [-0.1, -0.05) is 6.92 Å². The summed E-state index contributed by atoms with van der Waals surface area (Å²) in [6.07, 6.45) is 1.28. The van der Waals surface area contributed by atoms with E-state index in [9.17, 15) is 4.79 Å². The highest BCUT2D eigenvalue weighted by molar-refractivity contribution is 5.60. The summed E-state index contributed by atoms with van der Waals surface area (Å²) in [4.78, 5) is 11.3. The summed E-state index contributed by atoms with van der Waals surface area (Å²) in [5.41, 5.74) is 2.68. The molecule has 3 aliphatic carbocycles. The highest BCUT2D eigenvalue weighted by Gasteiger charge is 2.94. The van der Waals surface area contributed by atoms with Crippen LogP contribution in [0.4, 0.5) is 0 Å². The van der Waals surface area contributed by atoms with Crippen molar-refractivity contribution >= 4 is 0 Å². The molecule has 0 aromatic carbocycles. The Morgan fingerprint density at radius 2 is 2.50 bits per heavy atom. The Morgan fingerprint density at radius 1 is 1.69 bits per heavy atom. The molecule has 1 heterocycles. The van der Waals surface area contributed by atoms with E-state index in [-0.39, 0.29) is 11.0 Å². The van der Waals surface area contributed by atoms with Crippen molar-refractivity contribution in [1.82, 2.24) is 10.2 Å². The fraction of sp³-hybridized carbons (Fsp3) is 0.667. The highest BCUT2D eigenvalue weighted by Crippen LogP contribution is 2.94. The molecular formula is C12H14N2O2. The van der Waals surface area contributed by atoms with Gasteiger partial charge in [-0.25, -0.2) is 5.10 Å². The van der Waals surface area contributed by atoms with Crippen molar-refractivity contribution in [1.29, 1.82) is 0 Å². The van der Waals surface area contributed by atoms with E-state index in [1.807, 2.05) is 0 Å². The van der Waals surface area contributed by atoms with E-state index in [0.29, 0.717) is 11.3 Å². The summed E-state index contributed by atoms with van der Waals surface area (Å²) < 4.78 is 5.37. The summed E-state index contributed by atoms with van der Waals surface area (Å²) in [6.45, 7) is 2.97. The van der Waals surface area contributed by atoms with Gasteiger partial charge in [0.05, 0.1) is 12.3 Å². The van der Waals surface area contributed by atoms with Crippen molar-refractivity contribution in [2.75, 3.05) is 13.7 Å². The minimum atomic E-state index is -0.0898. The molecule has 3 aliphatic rings. The molecule has 4 heteroatoms. The summed E-state index contributed by atoms with van der Waals surface area (Å²) in [6, 6.07) is 1.72. The summed E-state index contributed by atoms with van der Waals surface area (Å²) in [7, 11) is 1.74. The second kappa shape index (κ2) is 2.25. The lowest BCUT2D eigenvalue weighted by Gasteiger charge is -2.20. The van der Waals surface area contributed by atoms with Gasteiger partial charge in [0.25, 0.3) is 5.56 Å². The lowest BCUT2D eigenvalue weighted by Crippen LogP contribution is -2.27. The van der Waals surface area contributed by atoms with Gasteiger partial charge >= 0.3 is 0 Å². The first-order valence-electron chi connectivity index (χ1n) is 5.77. The third-order valence-corrected chi connectivity index (χ3v) is 5.22. The third kappa shape index (κ3) is 0.621.